The third-order valence-corrected chi connectivity index (χ3v) is 3.94. The number of amides is 1. The molecule has 1 amide bonds. The first kappa shape index (κ1) is 13.1. The summed E-state index contributed by atoms with van der Waals surface area (Å²) in [6.07, 6.45) is 0.878. The van der Waals surface area contributed by atoms with E-state index >= 15 is 0 Å². The summed E-state index contributed by atoms with van der Waals surface area (Å²) in [5.41, 5.74) is 2.63. The molecule has 0 saturated heterocycles. The van der Waals surface area contributed by atoms with Crippen LogP contribution in [0.2, 0.25) is 0 Å². The molecule has 7 nitrogen and oxygen atoms in total. The molecule has 2 aromatic rings. The summed E-state index contributed by atoms with van der Waals surface area (Å²) in [5.74, 6) is 1.82. The second kappa shape index (κ2) is 5.03. The fourth-order valence-electron chi connectivity index (χ4n) is 2.80. The number of anilines is 1. The van der Waals surface area contributed by atoms with Crippen LogP contribution in [0.15, 0.2) is 18.2 Å². The lowest BCUT2D eigenvalue weighted by atomic mass is 10.1. The molecule has 2 aliphatic rings. The minimum Gasteiger partial charge on any atom is -0.454 e. The van der Waals surface area contributed by atoms with Crippen LogP contribution in [0, 0.1) is 0 Å². The van der Waals surface area contributed by atoms with Crippen molar-refractivity contribution in [2.75, 3.05) is 18.7 Å². The summed E-state index contributed by atoms with van der Waals surface area (Å²) in [6, 6.07) is 5.17. The molecule has 2 aliphatic heterocycles. The largest absolute Gasteiger partial charge is 0.454 e. The number of aryl methyl sites for hydroxylation is 1. The number of carbonyl (C=O) groups excluding carboxylic acids is 1. The molecule has 0 spiro atoms. The lowest BCUT2D eigenvalue weighted by Gasteiger charge is -2.13. The predicted octanol–water partition coefficient (Wildman–Crippen LogP) is 1.05. The van der Waals surface area contributed by atoms with Crippen molar-refractivity contribution in [1.29, 1.82) is 0 Å². The van der Waals surface area contributed by atoms with E-state index in [9.17, 15) is 4.79 Å². The van der Waals surface area contributed by atoms with Crippen LogP contribution >= 0.6 is 0 Å². The van der Waals surface area contributed by atoms with E-state index < -0.39 is 0 Å². The third kappa shape index (κ3) is 2.10. The zero-order valence-electron chi connectivity index (χ0n) is 12.2. The van der Waals surface area contributed by atoms with Gasteiger partial charge in [0.1, 0.15) is 5.82 Å². The Balaban J connectivity index is 1.61. The highest BCUT2D eigenvalue weighted by Crippen LogP contribution is 2.33. The number of fused-ring (bicyclic) bond motifs is 2. The van der Waals surface area contributed by atoms with Crippen molar-refractivity contribution in [2.45, 2.75) is 13.0 Å². The Morgan fingerprint density at radius 1 is 1.36 bits per heavy atom. The van der Waals surface area contributed by atoms with Gasteiger partial charge < -0.3 is 20.1 Å². The molecule has 3 heterocycles. The summed E-state index contributed by atoms with van der Waals surface area (Å²) >= 11 is 0. The molecule has 0 aliphatic carbocycles. The molecule has 0 radical (unpaired) electrons. The normalized spacial score (nSPS) is 15.5. The minimum atomic E-state index is -0.185. The van der Waals surface area contributed by atoms with Crippen molar-refractivity contribution in [3.63, 3.8) is 0 Å². The van der Waals surface area contributed by atoms with Crippen molar-refractivity contribution in [3.8, 4) is 11.5 Å². The van der Waals surface area contributed by atoms with Gasteiger partial charge in [-0.25, -0.2) is 0 Å². The topological polar surface area (TPSA) is 77.4 Å². The van der Waals surface area contributed by atoms with E-state index in [1.54, 1.807) is 22.9 Å². The van der Waals surface area contributed by atoms with Crippen molar-refractivity contribution in [3.05, 3.63) is 35.0 Å². The van der Waals surface area contributed by atoms with E-state index in [-0.39, 0.29) is 12.7 Å². The lowest BCUT2D eigenvalue weighted by Crippen LogP contribution is -2.24. The van der Waals surface area contributed by atoms with Crippen molar-refractivity contribution >= 4 is 11.7 Å². The maximum absolute atomic E-state index is 12.5. The first-order valence-electron chi connectivity index (χ1n) is 7.19. The van der Waals surface area contributed by atoms with E-state index in [2.05, 4.69) is 15.7 Å². The maximum Gasteiger partial charge on any atom is 0.256 e. The molecule has 22 heavy (non-hydrogen) atoms. The average molecular weight is 300 g/mol. The smallest absolute Gasteiger partial charge is 0.256 e. The van der Waals surface area contributed by atoms with Gasteiger partial charge in [0.25, 0.3) is 5.91 Å². The number of carbonyl (C=O) groups is 1. The second-order valence-corrected chi connectivity index (χ2v) is 5.35. The molecule has 2 N–H and O–H groups in total. The summed E-state index contributed by atoms with van der Waals surface area (Å²) in [4.78, 5) is 12.5. The van der Waals surface area contributed by atoms with Gasteiger partial charge >= 0.3 is 0 Å². The fourth-order valence-corrected chi connectivity index (χ4v) is 2.80. The van der Waals surface area contributed by atoms with E-state index in [1.165, 1.54) is 0 Å². The number of hydrogen-bond acceptors (Lipinski definition) is 5. The Morgan fingerprint density at radius 2 is 2.23 bits per heavy atom. The molecular formula is C15H16N4O3. The molecular weight excluding hydrogens is 284 g/mol. The van der Waals surface area contributed by atoms with Gasteiger partial charge in [0.2, 0.25) is 6.79 Å². The summed E-state index contributed by atoms with van der Waals surface area (Å²) in [5, 5.41) is 10.7. The second-order valence-electron chi connectivity index (χ2n) is 5.35. The fraction of sp³-hybridized carbons (Fsp3) is 0.333. The molecule has 4 rings (SSSR count). The third-order valence-electron chi connectivity index (χ3n) is 3.94. The van der Waals surface area contributed by atoms with Crippen LogP contribution in [0.1, 0.15) is 21.6 Å². The summed E-state index contributed by atoms with van der Waals surface area (Å²) in [7, 11) is 1.84. The van der Waals surface area contributed by atoms with Gasteiger partial charge in [0, 0.05) is 37.7 Å². The minimum absolute atomic E-state index is 0.185. The highest BCUT2D eigenvalue weighted by Gasteiger charge is 2.22. The number of rotatable bonds is 2. The van der Waals surface area contributed by atoms with Gasteiger partial charge in [0.15, 0.2) is 11.5 Å². The van der Waals surface area contributed by atoms with Crippen LogP contribution in [0.5, 0.6) is 11.5 Å². The monoisotopic (exact) mass is 300 g/mol. The van der Waals surface area contributed by atoms with E-state index in [4.69, 9.17) is 9.47 Å². The van der Waals surface area contributed by atoms with Crippen LogP contribution < -0.4 is 20.1 Å². The number of nitrogens with zero attached hydrogens (tertiary/aromatic N) is 2. The maximum atomic E-state index is 12.5. The number of aromatic nitrogens is 2. The molecule has 0 fully saturated rings. The molecule has 0 atom stereocenters. The molecule has 0 bridgehead atoms. The first-order valence-corrected chi connectivity index (χ1v) is 7.19. The Kier molecular flexibility index (Phi) is 3.00. The summed E-state index contributed by atoms with van der Waals surface area (Å²) < 4.78 is 12.3. The zero-order chi connectivity index (χ0) is 15.1. The van der Waals surface area contributed by atoms with Gasteiger partial charge in [-0.05, 0) is 18.2 Å². The van der Waals surface area contributed by atoms with Crippen LogP contribution in [0.25, 0.3) is 0 Å². The standard InChI is InChI=1S/C15H16N4O3/c1-19-14(10-7-16-5-4-11(10)18-19)17-15(20)9-2-3-12-13(6-9)22-8-21-12/h2-3,6,16H,4-5,7-8H2,1H3,(H,17,20). The summed E-state index contributed by atoms with van der Waals surface area (Å²) in [6.45, 7) is 1.83. The molecule has 0 saturated carbocycles. The van der Waals surface area contributed by atoms with Crippen molar-refractivity contribution in [2.24, 2.45) is 7.05 Å². The van der Waals surface area contributed by atoms with E-state index in [0.29, 0.717) is 17.1 Å². The first-order chi connectivity index (χ1) is 10.7. The van der Waals surface area contributed by atoms with Crippen LogP contribution in [0.4, 0.5) is 5.82 Å². The van der Waals surface area contributed by atoms with Gasteiger partial charge in [-0.2, -0.15) is 5.10 Å². The Morgan fingerprint density at radius 3 is 3.14 bits per heavy atom. The van der Waals surface area contributed by atoms with Crippen LogP contribution in [0.3, 0.4) is 0 Å². The van der Waals surface area contributed by atoms with Gasteiger partial charge in [0.05, 0.1) is 5.69 Å². The molecule has 1 aromatic heterocycles. The molecule has 0 unspecified atom stereocenters. The highest BCUT2D eigenvalue weighted by atomic mass is 16.7. The number of hydrogen-bond donors (Lipinski definition) is 2. The lowest BCUT2D eigenvalue weighted by molar-refractivity contribution is 0.102. The SMILES string of the molecule is Cn1nc2c(c1NC(=O)c1ccc3c(c1)OCO3)CNCC2. The van der Waals surface area contributed by atoms with Crippen LogP contribution in [-0.4, -0.2) is 29.0 Å². The highest BCUT2D eigenvalue weighted by molar-refractivity contribution is 6.04. The molecule has 7 heteroatoms. The van der Waals surface area contributed by atoms with Gasteiger partial charge in [-0.3, -0.25) is 9.48 Å². The van der Waals surface area contributed by atoms with Gasteiger partial charge in [-0.1, -0.05) is 0 Å². The average Bonchev–Trinajstić information content (AvgIpc) is 3.11. The number of ether oxygens (including phenoxy) is 2. The molecule has 1 aromatic carbocycles. The van der Waals surface area contributed by atoms with Crippen molar-refractivity contribution < 1.29 is 14.3 Å². The van der Waals surface area contributed by atoms with E-state index in [1.807, 2.05) is 7.05 Å². The van der Waals surface area contributed by atoms with E-state index in [0.717, 1.165) is 36.6 Å². The quantitative estimate of drug-likeness (QED) is 0.867. The van der Waals surface area contributed by atoms with Crippen LogP contribution in [-0.2, 0) is 20.0 Å². The van der Waals surface area contributed by atoms with Gasteiger partial charge in [-0.15, -0.1) is 0 Å². The number of benzene rings is 1. The Labute approximate surface area is 127 Å². The molecule has 114 valence electrons. The predicted molar refractivity (Wildman–Crippen MR) is 79.1 cm³/mol. The number of nitrogens with one attached hydrogen (secondary N) is 2. The zero-order valence-corrected chi connectivity index (χ0v) is 12.2. The Hall–Kier alpha value is -2.54. The Bertz CT molecular complexity index is 753. The van der Waals surface area contributed by atoms with Crippen molar-refractivity contribution in [1.82, 2.24) is 15.1 Å².